The summed E-state index contributed by atoms with van der Waals surface area (Å²) in [4.78, 5) is 0. The van der Waals surface area contributed by atoms with Crippen molar-refractivity contribution in [1.82, 2.24) is 0 Å². The van der Waals surface area contributed by atoms with Crippen molar-refractivity contribution < 1.29 is 35.5 Å². The monoisotopic (exact) mass is 264 g/mol. The van der Waals surface area contributed by atoms with Crippen molar-refractivity contribution in [3.63, 3.8) is 0 Å². The zero-order chi connectivity index (χ0) is 10.2. The quantitative estimate of drug-likeness (QED) is 0.522. The van der Waals surface area contributed by atoms with Gasteiger partial charge in [-0.05, 0) is 15.9 Å². The molecule has 1 unspecified atom stereocenters. The molecule has 0 amide bonds. The van der Waals surface area contributed by atoms with Gasteiger partial charge in [0.25, 0.3) is 0 Å². The van der Waals surface area contributed by atoms with Crippen LogP contribution in [-0.4, -0.2) is 17.3 Å². The lowest BCUT2D eigenvalue weighted by Crippen LogP contribution is -2.41. The van der Waals surface area contributed by atoms with Crippen LogP contribution in [0, 0.1) is 0 Å². The fraction of sp³-hybridized carbons (Fsp3) is 1.00. The summed E-state index contributed by atoms with van der Waals surface area (Å²) in [5.41, 5.74) is 0. The average Bonchev–Trinajstić information content (AvgIpc) is 1.52. The zero-order valence-electron chi connectivity index (χ0n) is 4.93. The first kappa shape index (κ1) is 11.9. The second-order valence-electron chi connectivity index (χ2n) is 1.56. The highest BCUT2D eigenvalue weighted by molar-refractivity contribution is 9.10. The highest BCUT2D eigenvalue weighted by Crippen LogP contribution is 2.43. The van der Waals surface area contributed by atoms with Crippen molar-refractivity contribution in [2.75, 3.05) is 0 Å². The number of hydrogen-bond donors (Lipinski definition) is 0. The average molecular weight is 265 g/mol. The van der Waals surface area contributed by atoms with Crippen LogP contribution in [0.25, 0.3) is 0 Å². The molecule has 0 saturated heterocycles. The predicted octanol–water partition coefficient (Wildman–Crippen LogP) is 3.10. The fourth-order valence-corrected chi connectivity index (χ4v) is 0.387. The molecule has 0 aliphatic rings. The number of halogens is 8. The molecule has 0 radical (unpaired) electrons. The Bertz CT molecular complexity index is 157. The lowest BCUT2D eigenvalue weighted by atomic mass is 10.6. The third-order valence-electron chi connectivity index (χ3n) is 0.574. The molecular formula is C3BrF7O. The summed E-state index contributed by atoms with van der Waals surface area (Å²) in [7, 11) is 0. The first-order chi connectivity index (χ1) is 4.96. The summed E-state index contributed by atoms with van der Waals surface area (Å²) in [5, 5.41) is 0. The molecule has 0 heterocycles. The predicted molar refractivity (Wildman–Crippen MR) is 26.0 cm³/mol. The third kappa shape index (κ3) is 3.57. The Hall–Kier alpha value is -0.0500. The van der Waals surface area contributed by atoms with Gasteiger partial charge in [0.05, 0.1) is 0 Å². The number of rotatable bonds is 1. The van der Waals surface area contributed by atoms with Gasteiger partial charge in [0.1, 0.15) is 0 Å². The van der Waals surface area contributed by atoms with Gasteiger partial charge in [0.2, 0.25) is 0 Å². The van der Waals surface area contributed by atoms with E-state index in [2.05, 4.69) is 4.74 Å². The van der Waals surface area contributed by atoms with Crippen LogP contribution in [0.15, 0.2) is 0 Å². The summed E-state index contributed by atoms with van der Waals surface area (Å²) >= 11 is 1.10. The third-order valence-corrected chi connectivity index (χ3v) is 1.19. The van der Waals surface area contributed by atoms with Crippen LogP contribution in [-0.2, 0) is 4.74 Å². The normalized spacial score (nSPS) is 19.0. The zero-order valence-corrected chi connectivity index (χ0v) is 6.52. The Morgan fingerprint density at radius 1 is 0.833 bits per heavy atom. The van der Waals surface area contributed by atoms with E-state index in [0.29, 0.717) is 0 Å². The molecule has 0 fully saturated rings. The van der Waals surface area contributed by atoms with Crippen LogP contribution in [0.2, 0.25) is 0 Å². The number of hydrogen-bond acceptors (Lipinski definition) is 1. The Kier molecular flexibility index (Phi) is 3.01. The summed E-state index contributed by atoms with van der Waals surface area (Å²) in [6.07, 6.45) is -11.5. The molecule has 0 aliphatic carbocycles. The Morgan fingerprint density at radius 2 is 1.17 bits per heavy atom. The van der Waals surface area contributed by atoms with E-state index in [-0.39, 0.29) is 0 Å². The van der Waals surface area contributed by atoms with E-state index >= 15 is 0 Å². The van der Waals surface area contributed by atoms with Crippen molar-refractivity contribution >= 4 is 15.9 Å². The van der Waals surface area contributed by atoms with Crippen molar-refractivity contribution in [2.45, 2.75) is 17.3 Å². The van der Waals surface area contributed by atoms with Gasteiger partial charge in [-0.25, -0.2) is 4.74 Å². The van der Waals surface area contributed by atoms with Crippen molar-refractivity contribution in [3.05, 3.63) is 0 Å². The standard InChI is InChI=1S/C3BrF7O/c4-1(5,2(6,7)8)12-3(9,10)11. The molecule has 74 valence electrons. The lowest BCUT2D eigenvalue weighted by Gasteiger charge is -2.22. The van der Waals surface area contributed by atoms with Gasteiger partial charge in [-0.1, -0.05) is 0 Å². The lowest BCUT2D eigenvalue weighted by molar-refractivity contribution is -0.414. The van der Waals surface area contributed by atoms with E-state index in [1.165, 1.54) is 0 Å². The first-order valence-corrected chi connectivity index (χ1v) is 2.96. The van der Waals surface area contributed by atoms with Gasteiger partial charge >= 0.3 is 17.3 Å². The number of alkyl halides is 8. The molecule has 12 heavy (non-hydrogen) atoms. The van der Waals surface area contributed by atoms with Crippen LogP contribution >= 0.6 is 15.9 Å². The SMILES string of the molecule is FC(F)(F)OC(F)(Br)C(F)(F)F. The first-order valence-electron chi connectivity index (χ1n) is 2.17. The van der Waals surface area contributed by atoms with Gasteiger partial charge < -0.3 is 0 Å². The molecule has 0 aliphatic heterocycles. The van der Waals surface area contributed by atoms with Crippen LogP contribution in [0.1, 0.15) is 0 Å². The topological polar surface area (TPSA) is 9.23 Å². The molecule has 1 nitrogen and oxygen atoms in total. The second-order valence-corrected chi connectivity index (χ2v) is 2.58. The maximum Gasteiger partial charge on any atom is 0.526 e. The van der Waals surface area contributed by atoms with E-state index in [1.807, 2.05) is 0 Å². The Morgan fingerprint density at radius 3 is 1.25 bits per heavy atom. The number of ether oxygens (including phenoxy) is 1. The largest absolute Gasteiger partial charge is 0.526 e. The summed E-state index contributed by atoms with van der Waals surface area (Å²) in [6, 6.07) is 0. The van der Waals surface area contributed by atoms with Gasteiger partial charge in [-0.3, -0.25) is 0 Å². The van der Waals surface area contributed by atoms with E-state index in [4.69, 9.17) is 0 Å². The highest BCUT2D eigenvalue weighted by Gasteiger charge is 2.61. The van der Waals surface area contributed by atoms with Crippen LogP contribution in [0.4, 0.5) is 30.7 Å². The van der Waals surface area contributed by atoms with Crippen LogP contribution in [0.3, 0.4) is 0 Å². The van der Waals surface area contributed by atoms with Crippen LogP contribution < -0.4 is 0 Å². The fourth-order valence-electron chi connectivity index (χ4n) is 0.203. The maximum atomic E-state index is 11.9. The van der Waals surface area contributed by atoms with E-state index in [9.17, 15) is 30.7 Å². The molecule has 0 aromatic carbocycles. The highest BCUT2D eigenvalue weighted by atomic mass is 79.9. The minimum absolute atomic E-state index is 1.10. The maximum absolute atomic E-state index is 11.9. The van der Waals surface area contributed by atoms with Gasteiger partial charge in [0.15, 0.2) is 0 Å². The minimum atomic E-state index is -5.79. The Labute approximate surface area is 69.6 Å². The van der Waals surface area contributed by atoms with Gasteiger partial charge in [0, 0.05) is 0 Å². The summed E-state index contributed by atoms with van der Waals surface area (Å²) < 4.78 is 76.4. The van der Waals surface area contributed by atoms with E-state index in [0.717, 1.165) is 15.9 Å². The van der Waals surface area contributed by atoms with Gasteiger partial charge in [-0.2, -0.15) is 17.6 Å². The molecule has 0 rings (SSSR count). The smallest absolute Gasteiger partial charge is 0.236 e. The molecule has 0 bridgehead atoms. The minimum Gasteiger partial charge on any atom is -0.236 e. The van der Waals surface area contributed by atoms with Crippen molar-refractivity contribution in [1.29, 1.82) is 0 Å². The molecular weight excluding hydrogens is 265 g/mol. The summed E-state index contributed by atoms with van der Waals surface area (Å²) in [6.45, 7) is 0. The van der Waals surface area contributed by atoms with Gasteiger partial charge in [-0.15, -0.1) is 13.2 Å². The molecule has 0 saturated carbocycles. The second kappa shape index (κ2) is 3.02. The molecule has 0 aromatic heterocycles. The Balaban J connectivity index is 4.44. The molecule has 0 N–H and O–H groups in total. The molecule has 0 aromatic rings. The summed E-state index contributed by atoms with van der Waals surface area (Å²) in [5.74, 6) is 0. The van der Waals surface area contributed by atoms with E-state index in [1.54, 1.807) is 0 Å². The molecule has 9 heteroatoms. The van der Waals surface area contributed by atoms with Crippen molar-refractivity contribution in [3.8, 4) is 0 Å². The van der Waals surface area contributed by atoms with E-state index < -0.39 is 17.3 Å². The molecule has 0 spiro atoms. The molecule has 1 atom stereocenters. The van der Waals surface area contributed by atoms with Crippen LogP contribution in [0.5, 0.6) is 0 Å². The van der Waals surface area contributed by atoms with Crippen molar-refractivity contribution in [2.24, 2.45) is 0 Å².